The maximum Gasteiger partial charge on any atom is 0.164 e. The van der Waals surface area contributed by atoms with Gasteiger partial charge in [-0.3, -0.25) is 0 Å². The molecule has 0 spiro atoms. The molecule has 0 aliphatic rings. The molecular formula is C51H32N4O. The molecule has 3 aromatic heterocycles. The highest BCUT2D eigenvalue weighted by Gasteiger charge is 2.19. The number of aromatic nitrogens is 4. The maximum atomic E-state index is 9.23. The lowest BCUT2D eigenvalue weighted by Crippen LogP contribution is -2.00. The predicted molar refractivity (Wildman–Crippen MR) is 229 cm³/mol. The van der Waals surface area contributed by atoms with Crippen LogP contribution in [0.2, 0.25) is 0 Å². The highest BCUT2D eigenvalue weighted by Crippen LogP contribution is 2.41. The summed E-state index contributed by atoms with van der Waals surface area (Å²) in [7, 11) is 0. The van der Waals surface area contributed by atoms with Gasteiger partial charge in [-0.1, -0.05) is 158 Å². The highest BCUT2D eigenvalue weighted by molar-refractivity contribution is 6.16. The summed E-state index contributed by atoms with van der Waals surface area (Å²) in [5, 5.41) is 2.52. The molecule has 0 aliphatic heterocycles. The predicted octanol–water partition coefficient (Wildman–Crippen LogP) is 13.2. The molecule has 0 bridgehead atoms. The van der Waals surface area contributed by atoms with E-state index in [4.69, 9.17) is 30.3 Å². The number of hydrogen-bond acceptors (Lipinski definition) is 4. The Morgan fingerprint density at radius 3 is 1.88 bits per heavy atom. The highest BCUT2D eigenvalue weighted by atomic mass is 16.3. The van der Waals surface area contributed by atoms with Crippen molar-refractivity contribution in [3.8, 4) is 62.1 Å². The Bertz CT molecular complexity index is 3750. The molecule has 11 aromatic rings. The number of rotatable bonds is 6. The first-order valence-electron chi connectivity index (χ1n) is 22.5. The molecule has 0 saturated carbocycles. The van der Waals surface area contributed by atoms with Gasteiger partial charge in [0.15, 0.2) is 17.5 Å². The summed E-state index contributed by atoms with van der Waals surface area (Å²) in [4.78, 5) is 14.8. The first-order chi connectivity index (χ1) is 31.5. The van der Waals surface area contributed by atoms with Crippen molar-refractivity contribution in [1.29, 1.82) is 0 Å². The lowest BCUT2D eigenvalue weighted by Gasteiger charge is -2.15. The fourth-order valence-corrected chi connectivity index (χ4v) is 7.53. The van der Waals surface area contributed by atoms with Crippen LogP contribution in [0.15, 0.2) is 198 Å². The zero-order valence-electron chi connectivity index (χ0n) is 38.5. The third-order valence-electron chi connectivity index (χ3n) is 10.1. The number of nitrogens with zero attached hydrogens (tertiary/aromatic N) is 4. The third-order valence-corrected chi connectivity index (χ3v) is 10.1. The maximum absolute atomic E-state index is 9.23. The molecule has 262 valence electrons. The summed E-state index contributed by atoms with van der Waals surface area (Å²) in [5.74, 6) is 1.44. The first-order valence-corrected chi connectivity index (χ1v) is 18.0. The fraction of sp³-hybridized carbons (Fsp3) is 0. The molecule has 5 heteroatoms. The number of benzene rings is 8. The minimum absolute atomic E-state index is 0.0658. The molecule has 0 amide bonds. The van der Waals surface area contributed by atoms with Gasteiger partial charge in [-0.2, -0.15) is 0 Å². The third kappa shape index (κ3) is 5.29. The van der Waals surface area contributed by atoms with Crippen molar-refractivity contribution >= 4 is 43.7 Å². The van der Waals surface area contributed by atoms with Gasteiger partial charge < -0.3 is 8.98 Å². The van der Waals surface area contributed by atoms with Crippen LogP contribution in [0.4, 0.5) is 0 Å². The Morgan fingerprint density at radius 1 is 0.411 bits per heavy atom. The molecule has 5 nitrogen and oxygen atoms in total. The lowest BCUT2D eigenvalue weighted by atomic mass is 9.99. The van der Waals surface area contributed by atoms with Crippen LogP contribution in [0.3, 0.4) is 0 Å². The topological polar surface area (TPSA) is 56.7 Å². The smallest absolute Gasteiger partial charge is 0.164 e. The minimum Gasteiger partial charge on any atom is -0.456 e. The number of furan rings is 1. The van der Waals surface area contributed by atoms with Gasteiger partial charge in [0.25, 0.3) is 0 Å². The Kier molecular flexibility index (Phi) is 5.57. The minimum atomic E-state index is -0.534. The van der Waals surface area contributed by atoms with Gasteiger partial charge in [0, 0.05) is 43.8 Å². The molecule has 8 aromatic carbocycles. The van der Waals surface area contributed by atoms with E-state index in [2.05, 4.69) is 0 Å². The average molecular weight is 726 g/mol. The van der Waals surface area contributed by atoms with Crippen molar-refractivity contribution in [2.24, 2.45) is 0 Å². The molecule has 0 unspecified atom stereocenters. The van der Waals surface area contributed by atoms with Gasteiger partial charge in [0.1, 0.15) is 11.2 Å². The van der Waals surface area contributed by atoms with Crippen LogP contribution >= 0.6 is 0 Å². The summed E-state index contributed by atoms with van der Waals surface area (Å²) < 4.78 is 86.5. The number of para-hydroxylation sites is 3. The second kappa shape index (κ2) is 13.0. The molecule has 0 N–H and O–H groups in total. The quantitative estimate of drug-likeness (QED) is 0.171. The van der Waals surface area contributed by atoms with Crippen molar-refractivity contribution in [1.82, 2.24) is 19.5 Å². The van der Waals surface area contributed by atoms with E-state index < -0.39 is 42.3 Å². The molecule has 0 aliphatic carbocycles. The van der Waals surface area contributed by atoms with E-state index >= 15 is 0 Å². The summed E-state index contributed by atoms with van der Waals surface area (Å²) in [6.45, 7) is 0. The molecule has 11 rings (SSSR count). The van der Waals surface area contributed by atoms with Crippen LogP contribution in [0, 0.1) is 0 Å². The zero-order chi connectivity index (χ0) is 44.8. The van der Waals surface area contributed by atoms with Crippen molar-refractivity contribution in [2.75, 3.05) is 0 Å². The van der Waals surface area contributed by atoms with Crippen molar-refractivity contribution in [2.45, 2.75) is 0 Å². The van der Waals surface area contributed by atoms with Gasteiger partial charge in [-0.15, -0.1) is 0 Å². The normalized spacial score (nSPS) is 13.8. The summed E-state index contributed by atoms with van der Waals surface area (Å²) in [6.07, 6.45) is 0. The van der Waals surface area contributed by atoms with Crippen molar-refractivity contribution in [3.05, 3.63) is 194 Å². The van der Waals surface area contributed by atoms with Gasteiger partial charge in [-0.05, 0) is 53.1 Å². The van der Waals surface area contributed by atoms with Crippen LogP contribution in [-0.2, 0) is 0 Å². The van der Waals surface area contributed by atoms with Gasteiger partial charge in [0.05, 0.1) is 29.1 Å². The molecule has 56 heavy (non-hydrogen) atoms. The van der Waals surface area contributed by atoms with E-state index in [1.165, 1.54) is 0 Å². The number of hydrogen-bond donors (Lipinski definition) is 0. The van der Waals surface area contributed by atoms with E-state index in [9.17, 15) is 1.37 Å². The number of fused-ring (bicyclic) bond motifs is 6. The molecular weight excluding hydrogens is 685 g/mol. The van der Waals surface area contributed by atoms with Gasteiger partial charge in [-0.25, -0.2) is 15.0 Å². The van der Waals surface area contributed by atoms with Crippen molar-refractivity contribution in [3.63, 3.8) is 0 Å². The van der Waals surface area contributed by atoms with Gasteiger partial charge >= 0.3 is 0 Å². The Morgan fingerprint density at radius 2 is 1.04 bits per heavy atom. The van der Waals surface area contributed by atoms with Crippen LogP contribution in [0.5, 0.6) is 0 Å². The molecule has 0 radical (unpaired) electrons. The van der Waals surface area contributed by atoms with E-state index in [0.29, 0.717) is 34.1 Å². The van der Waals surface area contributed by atoms with Gasteiger partial charge in [0.2, 0.25) is 0 Å². The second-order valence-corrected chi connectivity index (χ2v) is 13.3. The van der Waals surface area contributed by atoms with Crippen molar-refractivity contribution < 1.29 is 16.8 Å². The van der Waals surface area contributed by atoms with Crippen LogP contribution in [0.25, 0.3) is 106 Å². The first kappa shape index (κ1) is 23.9. The Labute approximate surface area is 335 Å². The van der Waals surface area contributed by atoms with Crippen LogP contribution in [0.1, 0.15) is 12.3 Å². The van der Waals surface area contributed by atoms with E-state index in [1.54, 1.807) is 22.8 Å². The summed E-state index contributed by atoms with van der Waals surface area (Å²) in [5.41, 5.74) is 6.78. The molecule has 0 fully saturated rings. The average Bonchev–Trinajstić information content (AvgIpc) is 3.90. The monoisotopic (exact) mass is 725 g/mol. The Balaban J connectivity index is 1.08. The van der Waals surface area contributed by atoms with E-state index in [0.717, 1.165) is 49.8 Å². The SMILES string of the molecule is [2H]c1c([2H])c([2H])c(-c2cccc3c2c2c([2H])c([2H])c([2H])c([2H])c2n3-c2ccccc2-c2ccc(-c3nc(-c4ccccc4)nc(-c4ccc5c(c4)oc4ccccc45)n3)cc2)c([2H])c1[2H]. The summed E-state index contributed by atoms with van der Waals surface area (Å²) in [6, 6.07) is 40.1. The second-order valence-electron chi connectivity index (χ2n) is 13.3. The standard InChI is InChI=1S/C51H32N4O/c1-3-14-33(15-4-1)39-21-13-24-45-48(39)42-20-8-11-23-44(42)55(45)43-22-10-7-18-38(43)34-26-28-36(29-27-34)50-52-49(35-16-5-2-6-17-35)53-51(54-50)37-30-31-41-40-19-9-12-25-46(40)56-47(41)32-37/h1-32H/i1D,3D,4D,8D,11D,14D,15D,20D,23D. The van der Waals surface area contributed by atoms with E-state index in [1.807, 2.05) is 121 Å². The fourth-order valence-electron chi connectivity index (χ4n) is 7.53. The van der Waals surface area contributed by atoms with E-state index in [-0.39, 0.29) is 34.1 Å². The lowest BCUT2D eigenvalue weighted by molar-refractivity contribution is 0.669. The van der Waals surface area contributed by atoms with Crippen LogP contribution in [-0.4, -0.2) is 19.5 Å². The Hall–Kier alpha value is -7.63. The largest absolute Gasteiger partial charge is 0.456 e. The molecule has 0 atom stereocenters. The zero-order valence-corrected chi connectivity index (χ0v) is 29.5. The molecule has 0 saturated heterocycles. The molecule has 3 heterocycles. The summed E-state index contributed by atoms with van der Waals surface area (Å²) >= 11 is 0. The van der Waals surface area contributed by atoms with Crippen LogP contribution < -0.4 is 0 Å².